The summed E-state index contributed by atoms with van der Waals surface area (Å²) >= 11 is 5.27. The van der Waals surface area contributed by atoms with Gasteiger partial charge < -0.3 is 9.47 Å². The van der Waals surface area contributed by atoms with Crippen LogP contribution in [0.15, 0.2) is 47.7 Å². The van der Waals surface area contributed by atoms with E-state index < -0.39 is 0 Å². The fourth-order valence-corrected chi connectivity index (χ4v) is 2.35. The van der Waals surface area contributed by atoms with Gasteiger partial charge in [0.25, 0.3) is 0 Å². The normalized spacial score (nSPS) is 14.0. The van der Waals surface area contributed by atoms with Crippen molar-refractivity contribution in [3.8, 4) is 11.8 Å². The lowest BCUT2D eigenvalue weighted by Crippen LogP contribution is -2.20. The number of hydrogen-bond donors (Lipinski definition) is 0. The highest BCUT2D eigenvalue weighted by Crippen LogP contribution is 2.24. The third-order valence-corrected chi connectivity index (χ3v) is 3.50. The number of hydrogen-bond acceptors (Lipinski definition) is 4. The Hall–Kier alpha value is -2.38. The number of ether oxygens (including phenoxy) is 2. The lowest BCUT2D eigenvalue weighted by Gasteiger charge is -2.25. The fourth-order valence-electron chi connectivity index (χ4n) is 2.16. The van der Waals surface area contributed by atoms with Gasteiger partial charge in [-0.3, -0.25) is 0 Å². The number of carbonyl (C=O) groups is 1. The minimum atomic E-state index is -0.325. The summed E-state index contributed by atoms with van der Waals surface area (Å²) in [5, 5.41) is 0. The van der Waals surface area contributed by atoms with Gasteiger partial charge in [0.15, 0.2) is 0 Å². The molecule has 1 aromatic carbocycles. The van der Waals surface area contributed by atoms with Gasteiger partial charge in [-0.1, -0.05) is 30.1 Å². The Bertz CT molecular complexity index is 781. The minimum absolute atomic E-state index is 0.319. The van der Waals surface area contributed by atoms with Crippen LogP contribution in [0.4, 0.5) is 0 Å². The van der Waals surface area contributed by atoms with E-state index in [4.69, 9.17) is 21.7 Å². The maximum absolute atomic E-state index is 11.7. The molecule has 25 heavy (non-hydrogen) atoms. The summed E-state index contributed by atoms with van der Waals surface area (Å²) in [4.78, 5) is 12.5. The smallest absolute Gasteiger partial charge is 0.338 e. The molecule has 3 nitrogen and oxygen atoms in total. The average Bonchev–Trinajstić information content (AvgIpc) is 2.53. The van der Waals surface area contributed by atoms with Crippen molar-refractivity contribution in [1.29, 1.82) is 0 Å². The summed E-state index contributed by atoms with van der Waals surface area (Å²) in [5.41, 5.74) is 1.85. The van der Waals surface area contributed by atoms with Crippen LogP contribution in [0.5, 0.6) is 0 Å². The molecule has 0 bridgehead atoms. The molecule has 0 unspecified atom stereocenters. The molecule has 0 saturated heterocycles. The molecule has 0 heterocycles. The second kappa shape index (κ2) is 8.13. The molecular weight excluding hydrogens is 332 g/mol. The molecule has 0 aromatic heterocycles. The topological polar surface area (TPSA) is 35.5 Å². The molecule has 1 aliphatic carbocycles. The van der Waals surface area contributed by atoms with Crippen LogP contribution in [0.2, 0.25) is 0 Å². The van der Waals surface area contributed by atoms with Crippen LogP contribution in [-0.4, -0.2) is 23.0 Å². The van der Waals surface area contributed by atoms with E-state index in [-0.39, 0.29) is 11.6 Å². The SMILES string of the molecule is CCOC(=O)c1ccc(C#CC2=CCC(=S)C=C2OC(C)(C)C)cc1. The Kier molecular flexibility index (Phi) is 6.17. The molecule has 0 atom stereocenters. The van der Waals surface area contributed by atoms with Gasteiger partial charge in [-0.05, 0) is 58.0 Å². The molecule has 0 amide bonds. The van der Waals surface area contributed by atoms with Crippen molar-refractivity contribution in [2.24, 2.45) is 0 Å². The van der Waals surface area contributed by atoms with Gasteiger partial charge in [-0.15, -0.1) is 0 Å². The molecule has 0 aliphatic heterocycles. The molecule has 130 valence electrons. The number of esters is 1. The van der Waals surface area contributed by atoms with Gasteiger partial charge in [0.1, 0.15) is 11.4 Å². The largest absolute Gasteiger partial charge is 0.487 e. The van der Waals surface area contributed by atoms with Crippen molar-refractivity contribution in [1.82, 2.24) is 0 Å². The van der Waals surface area contributed by atoms with Gasteiger partial charge in [0, 0.05) is 16.8 Å². The predicted octanol–water partition coefficient (Wildman–Crippen LogP) is 4.61. The Morgan fingerprint density at radius 1 is 1.20 bits per heavy atom. The van der Waals surface area contributed by atoms with Crippen LogP contribution in [0.3, 0.4) is 0 Å². The van der Waals surface area contributed by atoms with Gasteiger partial charge in [0.05, 0.1) is 17.7 Å². The van der Waals surface area contributed by atoms with Crippen molar-refractivity contribution < 1.29 is 14.3 Å². The molecule has 0 saturated carbocycles. The van der Waals surface area contributed by atoms with Crippen molar-refractivity contribution >= 4 is 23.1 Å². The van der Waals surface area contributed by atoms with Crippen molar-refractivity contribution in [2.75, 3.05) is 6.61 Å². The highest BCUT2D eigenvalue weighted by molar-refractivity contribution is 7.80. The Balaban J connectivity index is 2.17. The third-order valence-electron chi connectivity index (χ3n) is 3.22. The lowest BCUT2D eigenvalue weighted by molar-refractivity contribution is 0.0525. The first-order valence-electron chi connectivity index (χ1n) is 8.22. The van der Waals surface area contributed by atoms with Crippen LogP contribution >= 0.6 is 12.2 Å². The Morgan fingerprint density at radius 2 is 1.88 bits per heavy atom. The van der Waals surface area contributed by atoms with Crippen LogP contribution < -0.4 is 0 Å². The summed E-state index contributed by atoms with van der Waals surface area (Å²) < 4.78 is 10.9. The Morgan fingerprint density at radius 3 is 2.48 bits per heavy atom. The summed E-state index contributed by atoms with van der Waals surface area (Å²) in [7, 11) is 0. The average molecular weight is 354 g/mol. The van der Waals surface area contributed by atoms with E-state index in [1.54, 1.807) is 31.2 Å². The molecule has 1 aromatic rings. The minimum Gasteiger partial charge on any atom is -0.487 e. The van der Waals surface area contributed by atoms with Crippen LogP contribution in [-0.2, 0) is 9.47 Å². The van der Waals surface area contributed by atoms with Gasteiger partial charge in [-0.25, -0.2) is 4.79 Å². The molecule has 0 N–H and O–H groups in total. The highest BCUT2D eigenvalue weighted by atomic mass is 32.1. The van der Waals surface area contributed by atoms with Crippen molar-refractivity contribution in [3.63, 3.8) is 0 Å². The van der Waals surface area contributed by atoms with Gasteiger partial charge in [0.2, 0.25) is 0 Å². The fraction of sp³-hybridized carbons (Fsp3) is 0.333. The molecule has 2 rings (SSSR count). The van der Waals surface area contributed by atoms with E-state index in [2.05, 4.69) is 11.8 Å². The highest BCUT2D eigenvalue weighted by Gasteiger charge is 2.18. The van der Waals surface area contributed by atoms with Crippen molar-refractivity contribution in [3.05, 3.63) is 58.9 Å². The number of carbonyl (C=O) groups excluding carboxylic acids is 1. The summed E-state index contributed by atoms with van der Waals surface area (Å²) in [6.45, 7) is 8.12. The number of benzene rings is 1. The first kappa shape index (κ1) is 19.0. The molecule has 4 heteroatoms. The maximum atomic E-state index is 11.7. The quantitative estimate of drug-likeness (QED) is 0.451. The maximum Gasteiger partial charge on any atom is 0.338 e. The van der Waals surface area contributed by atoms with Crippen LogP contribution in [0.1, 0.15) is 50.0 Å². The monoisotopic (exact) mass is 354 g/mol. The van der Waals surface area contributed by atoms with E-state index in [0.29, 0.717) is 24.4 Å². The first-order valence-corrected chi connectivity index (χ1v) is 8.62. The second-order valence-corrected chi connectivity index (χ2v) is 7.08. The van der Waals surface area contributed by atoms with Crippen LogP contribution in [0, 0.1) is 11.8 Å². The predicted molar refractivity (Wildman–Crippen MR) is 103 cm³/mol. The zero-order valence-corrected chi connectivity index (χ0v) is 15.8. The van der Waals surface area contributed by atoms with E-state index in [1.807, 2.05) is 32.9 Å². The van der Waals surface area contributed by atoms with Gasteiger partial charge in [-0.2, -0.15) is 0 Å². The van der Waals surface area contributed by atoms with Gasteiger partial charge >= 0.3 is 5.97 Å². The molecule has 1 aliphatic rings. The molecule has 0 spiro atoms. The summed E-state index contributed by atoms with van der Waals surface area (Å²) in [5.74, 6) is 6.64. The van der Waals surface area contributed by atoms with E-state index in [9.17, 15) is 4.79 Å². The third kappa shape index (κ3) is 5.88. The summed E-state index contributed by atoms with van der Waals surface area (Å²) in [6, 6.07) is 7.05. The lowest BCUT2D eigenvalue weighted by atomic mass is 10.0. The number of rotatable bonds is 3. The number of thiocarbonyl (C=S) groups is 1. The molecule has 0 fully saturated rings. The van der Waals surface area contributed by atoms with E-state index in [1.165, 1.54) is 0 Å². The van der Waals surface area contributed by atoms with E-state index in [0.717, 1.165) is 16.0 Å². The Labute approximate surface area is 154 Å². The number of allylic oxidation sites excluding steroid dienone is 3. The zero-order valence-electron chi connectivity index (χ0n) is 15.0. The zero-order chi connectivity index (χ0) is 18.4. The second-order valence-electron chi connectivity index (χ2n) is 6.56. The molecular formula is C21H22O3S. The van der Waals surface area contributed by atoms with Crippen LogP contribution in [0.25, 0.3) is 0 Å². The van der Waals surface area contributed by atoms with Crippen molar-refractivity contribution in [2.45, 2.75) is 39.7 Å². The first-order chi connectivity index (χ1) is 11.8. The standard InChI is InChI=1S/C21H22O3S/c1-5-23-20(22)17-10-7-15(8-11-17)6-9-16-12-13-18(25)14-19(16)24-21(2,3)4/h7-8,10-12,14H,5,13H2,1-4H3. The molecule has 0 radical (unpaired) electrons. The summed E-state index contributed by atoms with van der Waals surface area (Å²) in [6.07, 6.45) is 4.55. The van der Waals surface area contributed by atoms with E-state index >= 15 is 0 Å².